The van der Waals surface area contributed by atoms with Crippen molar-refractivity contribution in [2.45, 2.75) is 38.9 Å². The van der Waals surface area contributed by atoms with E-state index in [1.807, 2.05) is 27.7 Å². The van der Waals surface area contributed by atoms with Crippen LogP contribution < -0.4 is 5.46 Å². The second-order valence-corrected chi connectivity index (χ2v) is 5.58. The Morgan fingerprint density at radius 2 is 1.56 bits per heavy atom. The lowest BCUT2D eigenvalue weighted by Crippen LogP contribution is -2.41. The Labute approximate surface area is 105 Å². The summed E-state index contributed by atoms with van der Waals surface area (Å²) in [5, 5.41) is 0.443. The Balaban J connectivity index is 2.30. The molecule has 1 aromatic rings. The molecule has 0 radical (unpaired) electrons. The first-order valence-corrected chi connectivity index (χ1v) is 5.79. The number of halogens is 2. The summed E-state index contributed by atoms with van der Waals surface area (Å²) in [7, 11) is -0.534. The van der Waals surface area contributed by atoms with Gasteiger partial charge in [-0.15, -0.1) is 0 Å². The molecule has 16 heavy (non-hydrogen) atoms. The van der Waals surface area contributed by atoms with Gasteiger partial charge in [0.25, 0.3) is 0 Å². The van der Waals surface area contributed by atoms with Crippen molar-refractivity contribution in [2.75, 3.05) is 0 Å². The quantitative estimate of drug-likeness (QED) is 0.730. The second kappa shape index (κ2) is 3.67. The lowest BCUT2D eigenvalue weighted by Gasteiger charge is -2.32. The molecule has 6 heteroatoms. The van der Waals surface area contributed by atoms with Crippen LogP contribution in [0.2, 0.25) is 10.4 Å². The molecule has 0 bridgehead atoms. The summed E-state index contributed by atoms with van der Waals surface area (Å²) in [6.45, 7) is 7.90. The van der Waals surface area contributed by atoms with Crippen LogP contribution in [-0.2, 0) is 9.31 Å². The van der Waals surface area contributed by atoms with Gasteiger partial charge in [0, 0.05) is 5.46 Å². The van der Waals surface area contributed by atoms with Gasteiger partial charge in [-0.2, -0.15) is 0 Å². The minimum Gasteiger partial charge on any atom is -0.434 e. The predicted molar refractivity (Wildman–Crippen MR) is 64.4 cm³/mol. The maximum atomic E-state index is 5.90. The Morgan fingerprint density at radius 1 is 1.06 bits per heavy atom. The molecule has 0 atom stereocenters. The van der Waals surface area contributed by atoms with Crippen LogP contribution in [0.1, 0.15) is 27.7 Å². The van der Waals surface area contributed by atoms with Crippen molar-refractivity contribution in [3.05, 3.63) is 16.5 Å². The van der Waals surface area contributed by atoms with Gasteiger partial charge < -0.3 is 13.7 Å². The van der Waals surface area contributed by atoms with Crippen molar-refractivity contribution in [2.24, 2.45) is 0 Å². The maximum absolute atomic E-state index is 5.90. The van der Waals surface area contributed by atoms with E-state index in [-0.39, 0.29) is 10.4 Å². The first-order valence-electron chi connectivity index (χ1n) is 5.03. The van der Waals surface area contributed by atoms with E-state index in [0.29, 0.717) is 5.46 Å². The third kappa shape index (κ3) is 1.88. The summed E-state index contributed by atoms with van der Waals surface area (Å²) in [5.74, 6) is 0. The van der Waals surface area contributed by atoms with Crippen molar-refractivity contribution < 1.29 is 13.7 Å². The molecule has 3 nitrogen and oxygen atoms in total. The fourth-order valence-electron chi connectivity index (χ4n) is 1.48. The smallest absolute Gasteiger partial charge is 0.434 e. The molecule has 1 saturated heterocycles. The third-order valence-corrected chi connectivity index (χ3v) is 3.67. The van der Waals surface area contributed by atoms with Gasteiger partial charge in [-0.1, -0.05) is 0 Å². The van der Waals surface area contributed by atoms with Gasteiger partial charge in [-0.05, 0) is 57.0 Å². The lowest BCUT2D eigenvalue weighted by molar-refractivity contribution is 0.00578. The van der Waals surface area contributed by atoms with Crippen LogP contribution in [0.3, 0.4) is 0 Å². The van der Waals surface area contributed by atoms with E-state index in [1.165, 1.54) is 0 Å². The summed E-state index contributed by atoms with van der Waals surface area (Å²) in [6, 6.07) is 1.62. The Kier molecular flexibility index (Phi) is 2.82. The molecule has 0 amide bonds. The summed E-state index contributed by atoms with van der Waals surface area (Å²) in [5.41, 5.74) is -0.166. The molecular formula is C10H13BCl2O3. The van der Waals surface area contributed by atoms with Gasteiger partial charge in [0.05, 0.1) is 11.2 Å². The first kappa shape index (κ1) is 12.3. The van der Waals surface area contributed by atoms with E-state index in [2.05, 4.69) is 0 Å². The first-order chi connectivity index (χ1) is 7.23. The zero-order valence-corrected chi connectivity index (χ0v) is 11.1. The van der Waals surface area contributed by atoms with Gasteiger partial charge in [0.1, 0.15) is 0 Å². The second-order valence-electron chi connectivity index (χ2n) is 4.87. The van der Waals surface area contributed by atoms with Crippen LogP contribution in [0.5, 0.6) is 0 Å². The molecule has 0 spiro atoms. The van der Waals surface area contributed by atoms with Gasteiger partial charge >= 0.3 is 7.12 Å². The average molecular weight is 263 g/mol. The summed E-state index contributed by atoms with van der Waals surface area (Å²) >= 11 is 11.6. The zero-order chi connectivity index (χ0) is 12.1. The van der Waals surface area contributed by atoms with E-state index in [0.717, 1.165) is 0 Å². The van der Waals surface area contributed by atoms with Gasteiger partial charge in [-0.25, -0.2) is 0 Å². The fourth-order valence-corrected chi connectivity index (χ4v) is 1.94. The maximum Gasteiger partial charge on any atom is 0.499 e. The molecule has 1 aliphatic heterocycles. The van der Waals surface area contributed by atoms with Gasteiger partial charge in [0.15, 0.2) is 10.4 Å². The molecule has 2 heterocycles. The largest absolute Gasteiger partial charge is 0.499 e. The number of rotatable bonds is 1. The SMILES string of the molecule is CC1(C)OB(c2cc(Cl)oc2Cl)OC1(C)C. The molecule has 0 saturated carbocycles. The fraction of sp³-hybridized carbons (Fsp3) is 0.600. The summed E-state index contributed by atoms with van der Waals surface area (Å²) < 4.78 is 16.7. The molecule has 1 aromatic heterocycles. The van der Waals surface area contributed by atoms with E-state index < -0.39 is 18.3 Å². The Hall–Kier alpha value is -0.155. The van der Waals surface area contributed by atoms with E-state index in [9.17, 15) is 0 Å². The molecule has 2 rings (SSSR count). The molecule has 0 aromatic carbocycles. The minimum absolute atomic E-state index is 0.212. The standard InChI is InChI=1S/C10H13BCl2O3/c1-9(2)10(3,4)16-11(15-9)6-5-7(12)14-8(6)13/h5H,1-4H3. The normalized spacial score (nSPS) is 22.8. The molecule has 0 unspecified atom stereocenters. The van der Waals surface area contributed by atoms with Crippen LogP contribution in [0.25, 0.3) is 0 Å². The Bertz CT molecular complexity index is 398. The van der Waals surface area contributed by atoms with Crippen LogP contribution in [-0.4, -0.2) is 18.3 Å². The average Bonchev–Trinajstić information content (AvgIpc) is 2.51. The molecular weight excluding hydrogens is 250 g/mol. The van der Waals surface area contributed by atoms with Crippen LogP contribution in [0, 0.1) is 0 Å². The van der Waals surface area contributed by atoms with E-state index in [1.54, 1.807) is 6.07 Å². The summed E-state index contributed by atoms with van der Waals surface area (Å²) in [4.78, 5) is 0. The molecule has 1 aliphatic rings. The van der Waals surface area contributed by atoms with E-state index in [4.69, 9.17) is 36.9 Å². The highest BCUT2D eigenvalue weighted by Gasteiger charge is 2.52. The van der Waals surface area contributed by atoms with Crippen molar-refractivity contribution in [3.8, 4) is 0 Å². The zero-order valence-electron chi connectivity index (χ0n) is 9.64. The van der Waals surface area contributed by atoms with Crippen molar-refractivity contribution in [3.63, 3.8) is 0 Å². The lowest BCUT2D eigenvalue weighted by atomic mass is 9.81. The highest BCUT2D eigenvalue weighted by molar-refractivity contribution is 6.65. The van der Waals surface area contributed by atoms with E-state index >= 15 is 0 Å². The third-order valence-electron chi connectivity index (χ3n) is 3.19. The highest BCUT2D eigenvalue weighted by Crippen LogP contribution is 2.37. The minimum atomic E-state index is -0.534. The molecule has 1 fully saturated rings. The Morgan fingerprint density at radius 3 is 1.94 bits per heavy atom. The van der Waals surface area contributed by atoms with Gasteiger partial charge in [0.2, 0.25) is 0 Å². The molecule has 0 N–H and O–H groups in total. The summed E-state index contributed by atoms with van der Waals surface area (Å²) in [6.07, 6.45) is 0. The van der Waals surface area contributed by atoms with Crippen molar-refractivity contribution >= 4 is 35.8 Å². The molecule has 88 valence electrons. The predicted octanol–water partition coefficient (Wildman–Crippen LogP) is 2.89. The van der Waals surface area contributed by atoms with Crippen LogP contribution in [0.4, 0.5) is 0 Å². The monoisotopic (exact) mass is 262 g/mol. The number of hydrogen-bond donors (Lipinski definition) is 0. The van der Waals surface area contributed by atoms with Crippen molar-refractivity contribution in [1.82, 2.24) is 0 Å². The van der Waals surface area contributed by atoms with Gasteiger partial charge in [-0.3, -0.25) is 0 Å². The molecule has 0 aliphatic carbocycles. The number of furan rings is 1. The highest BCUT2D eigenvalue weighted by atomic mass is 35.5. The van der Waals surface area contributed by atoms with Crippen molar-refractivity contribution in [1.29, 1.82) is 0 Å². The van der Waals surface area contributed by atoms with Crippen LogP contribution in [0.15, 0.2) is 10.5 Å². The number of hydrogen-bond acceptors (Lipinski definition) is 3. The van der Waals surface area contributed by atoms with Crippen LogP contribution >= 0.6 is 23.2 Å². The topological polar surface area (TPSA) is 31.6 Å².